The van der Waals surface area contributed by atoms with E-state index in [0.29, 0.717) is 27.3 Å². The summed E-state index contributed by atoms with van der Waals surface area (Å²) in [5.41, 5.74) is 0.541. The molecular formula is C23H16Br2N2O5. The predicted molar refractivity (Wildman–Crippen MR) is 124 cm³/mol. The SMILES string of the molecule is N#C/C(=C\c1ccc(OC(=O)COc2ccc(Br)cc2Br)cc1)C(=O)NCc1ccco1. The highest BCUT2D eigenvalue weighted by Crippen LogP contribution is 2.28. The topological polar surface area (TPSA) is 102 Å². The van der Waals surface area contributed by atoms with Crippen molar-refractivity contribution < 1.29 is 23.5 Å². The number of nitrogens with zero attached hydrogens (tertiary/aromatic N) is 1. The minimum absolute atomic E-state index is 0.0604. The second kappa shape index (κ2) is 11.3. The fourth-order valence-electron chi connectivity index (χ4n) is 2.51. The summed E-state index contributed by atoms with van der Waals surface area (Å²) in [6.07, 6.45) is 2.94. The second-order valence-electron chi connectivity index (χ2n) is 6.34. The van der Waals surface area contributed by atoms with E-state index in [1.165, 1.54) is 12.3 Å². The summed E-state index contributed by atoms with van der Waals surface area (Å²) in [4.78, 5) is 24.2. The highest BCUT2D eigenvalue weighted by molar-refractivity contribution is 9.11. The van der Waals surface area contributed by atoms with Crippen LogP contribution in [-0.4, -0.2) is 18.5 Å². The van der Waals surface area contributed by atoms with E-state index in [1.807, 2.05) is 6.07 Å². The van der Waals surface area contributed by atoms with Crippen molar-refractivity contribution in [3.8, 4) is 17.6 Å². The van der Waals surface area contributed by atoms with Crippen LogP contribution in [0.15, 0.2) is 79.8 Å². The molecule has 1 N–H and O–H groups in total. The molecule has 2 aromatic carbocycles. The third-order valence-corrected chi connectivity index (χ3v) is 5.14. The molecule has 0 saturated carbocycles. The zero-order valence-corrected chi connectivity index (χ0v) is 19.7. The molecule has 1 amide bonds. The minimum atomic E-state index is -0.571. The molecule has 0 unspecified atom stereocenters. The van der Waals surface area contributed by atoms with E-state index in [4.69, 9.17) is 13.9 Å². The predicted octanol–water partition coefficient (Wildman–Crippen LogP) is 5.01. The number of nitriles is 1. The summed E-state index contributed by atoms with van der Waals surface area (Å²) in [6.45, 7) is -0.0883. The third-order valence-electron chi connectivity index (χ3n) is 4.03. The van der Waals surface area contributed by atoms with Gasteiger partial charge in [-0.2, -0.15) is 5.26 Å². The molecule has 0 aliphatic rings. The Labute approximate surface area is 200 Å². The van der Waals surface area contributed by atoms with Crippen LogP contribution >= 0.6 is 31.9 Å². The van der Waals surface area contributed by atoms with Crippen LogP contribution in [-0.2, 0) is 16.1 Å². The second-order valence-corrected chi connectivity index (χ2v) is 8.11. The molecule has 32 heavy (non-hydrogen) atoms. The molecular weight excluding hydrogens is 544 g/mol. The average Bonchev–Trinajstić information content (AvgIpc) is 3.30. The van der Waals surface area contributed by atoms with Crippen LogP contribution in [0.3, 0.4) is 0 Å². The van der Waals surface area contributed by atoms with Crippen molar-refractivity contribution in [3.63, 3.8) is 0 Å². The molecule has 0 spiro atoms. The van der Waals surface area contributed by atoms with Crippen molar-refractivity contribution in [2.24, 2.45) is 0 Å². The number of carbonyl (C=O) groups excluding carboxylic acids is 2. The van der Waals surface area contributed by atoms with Gasteiger partial charge in [-0.25, -0.2) is 4.79 Å². The molecule has 0 fully saturated rings. The van der Waals surface area contributed by atoms with Crippen molar-refractivity contribution in [3.05, 3.63) is 86.7 Å². The van der Waals surface area contributed by atoms with Crippen LogP contribution in [0.4, 0.5) is 0 Å². The molecule has 1 heterocycles. The Bertz CT molecular complexity index is 1170. The van der Waals surface area contributed by atoms with Gasteiger partial charge in [-0.15, -0.1) is 0 Å². The van der Waals surface area contributed by atoms with Gasteiger partial charge in [-0.05, 0) is 70.0 Å². The Kier molecular flexibility index (Phi) is 8.25. The first-order chi connectivity index (χ1) is 15.4. The van der Waals surface area contributed by atoms with Gasteiger partial charge in [-0.1, -0.05) is 28.1 Å². The van der Waals surface area contributed by atoms with E-state index < -0.39 is 11.9 Å². The van der Waals surface area contributed by atoms with Crippen molar-refractivity contribution >= 4 is 49.8 Å². The number of halogens is 2. The number of ether oxygens (including phenoxy) is 2. The van der Waals surface area contributed by atoms with Crippen molar-refractivity contribution in [1.29, 1.82) is 5.26 Å². The molecule has 0 radical (unpaired) electrons. The number of nitrogens with one attached hydrogen (secondary N) is 1. The zero-order chi connectivity index (χ0) is 22.9. The number of benzene rings is 2. The van der Waals surface area contributed by atoms with Gasteiger partial charge in [0.25, 0.3) is 5.91 Å². The Morgan fingerprint density at radius 3 is 2.56 bits per heavy atom. The minimum Gasteiger partial charge on any atom is -0.481 e. The van der Waals surface area contributed by atoms with Gasteiger partial charge in [0.15, 0.2) is 6.61 Å². The summed E-state index contributed by atoms with van der Waals surface area (Å²) in [5.74, 6) is 0.318. The van der Waals surface area contributed by atoms with Crippen LogP contribution in [0.2, 0.25) is 0 Å². The van der Waals surface area contributed by atoms with Gasteiger partial charge in [-0.3, -0.25) is 4.79 Å². The number of amides is 1. The number of esters is 1. The first kappa shape index (κ1) is 23.3. The Balaban J connectivity index is 1.54. The van der Waals surface area contributed by atoms with Crippen molar-refractivity contribution in [1.82, 2.24) is 5.32 Å². The van der Waals surface area contributed by atoms with E-state index in [2.05, 4.69) is 37.2 Å². The normalized spacial score (nSPS) is 10.8. The zero-order valence-electron chi connectivity index (χ0n) is 16.5. The standard InChI is InChI=1S/C23H16Br2N2O5/c24-17-5-8-21(20(25)11-17)31-14-22(28)32-18-6-3-15(4-7-18)10-16(12-26)23(29)27-13-19-2-1-9-30-19/h1-11H,13-14H2,(H,27,29)/b16-10+. The van der Waals surface area contributed by atoms with Crippen LogP contribution in [0.25, 0.3) is 6.08 Å². The Morgan fingerprint density at radius 2 is 1.91 bits per heavy atom. The maximum absolute atomic E-state index is 12.2. The summed E-state index contributed by atoms with van der Waals surface area (Å²) < 4.78 is 17.4. The molecule has 1 aromatic heterocycles. The highest BCUT2D eigenvalue weighted by atomic mass is 79.9. The molecule has 0 atom stereocenters. The fourth-order valence-corrected chi connectivity index (χ4v) is 3.67. The fraction of sp³-hybridized carbons (Fsp3) is 0.0870. The lowest BCUT2D eigenvalue weighted by Gasteiger charge is -2.09. The van der Waals surface area contributed by atoms with Crippen molar-refractivity contribution in [2.75, 3.05) is 6.61 Å². The number of hydrogen-bond acceptors (Lipinski definition) is 6. The highest BCUT2D eigenvalue weighted by Gasteiger charge is 2.11. The lowest BCUT2D eigenvalue weighted by Crippen LogP contribution is -2.23. The molecule has 0 aliphatic heterocycles. The summed E-state index contributed by atoms with van der Waals surface area (Å²) in [5, 5.41) is 11.9. The lowest BCUT2D eigenvalue weighted by molar-refractivity contribution is -0.136. The van der Waals surface area contributed by atoms with E-state index in [-0.39, 0.29) is 18.7 Å². The van der Waals surface area contributed by atoms with E-state index >= 15 is 0 Å². The maximum atomic E-state index is 12.2. The smallest absolute Gasteiger partial charge is 0.349 e. The van der Waals surface area contributed by atoms with E-state index in [9.17, 15) is 14.9 Å². The molecule has 9 heteroatoms. The third kappa shape index (κ3) is 6.83. The lowest BCUT2D eigenvalue weighted by atomic mass is 10.1. The van der Waals surface area contributed by atoms with Gasteiger partial charge in [0.2, 0.25) is 0 Å². The monoisotopic (exact) mass is 558 g/mol. The molecule has 0 saturated heterocycles. The van der Waals surface area contributed by atoms with Crippen LogP contribution < -0.4 is 14.8 Å². The van der Waals surface area contributed by atoms with Crippen molar-refractivity contribution in [2.45, 2.75) is 6.54 Å². The number of furan rings is 1. The number of rotatable bonds is 8. The van der Waals surface area contributed by atoms with Crippen LogP contribution in [0.5, 0.6) is 11.5 Å². The molecule has 3 aromatic rings. The quantitative estimate of drug-likeness (QED) is 0.180. The first-order valence-corrected chi connectivity index (χ1v) is 10.8. The molecule has 162 valence electrons. The van der Waals surface area contributed by atoms with Crippen LogP contribution in [0, 0.1) is 11.3 Å². The van der Waals surface area contributed by atoms with Gasteiger partial charge < -0.3 is 19.2 Å². The molecule has 0 bridgehead atoms. The largest absolute Gasteiger partial charge is 0.481 e. The Hall–Kier alpha value is -3.35. The average molecular weight is 560 g/mol. The molecule has 7 nitrogen and oxygen atoms in total. The van der Waals surface area contributed by atoms with Gasteiger partial charge in [0, 0.05) is 4.47 Å². The maximum Gasteiger partial charge on any atom is 0.349 e. The Morgan fingerprint density at radius 1 is 1.12 bits per heavy atom. The summed E-state index contributed by atoms with van der Waals surface area (Å²) >= 11 is 6.70. The van der Waals surface area contributed by atoms with E-state index in [1.54, 1.807) is 54.6 Å². The molecule has 0 aliphatic carbocycles. The van der Waals surface area contributed by atoms with Gasteiger partial charge in [0.05, 0.1) is 17.3 Å². The van der Waals surface area contributed by atoms with Gasteiger partial charge in [0.1, 0.15) is 28.9 Å². The van der Waals surface area contributed by atoms with Crippen LogP contribution in [0.1, 0.15) is 11.3 Å². The number of carbonyl (C=O) groups is 2. The summed E-state index contributed by atoms with van der Waals surface area (Å²) in [6, 6.07) is 17.0. The first-order valence-electron chi connectivity index (χ1n) is 9.25. The van der Waals surface area contributed by atoms with E-state index in [0.717, 1.165) is 4.47 Å². The molecule has 3 rings (SSSR count). The number of hydrogen-bond donors (Lipinski definition) is 1. The van der Waals surface area contributed by atoms with Gasteiger partial charge >= 0.3 is 5.97 Å². The summed E-state index contributed by atoms with van der Waals surface area (Å²) in [7, 11) is 0.